The summed E-state index contributed by atoms with van der Waals surface area (Å²) in [6, 6.07) is 0. The van der Waals surface area contributed by atoms with E-state index in [0.717, 1.165) is 0 Å². The molecule has 0 bridgehead atoms. The van der Waals surface area contributed by atoms with Crippen LogP contribution in [-0.4, -0.2) is 20.2 Å². The second-order valence-electron chi connectivity index (χ2n) is 1.86. The van der Waals surface area contributed by atoms with E-state index in [-0.39, 0.29) is 0 Å². The Kier molecular flexibility index (Phi) is 4.95. The molecule has 3 N–H and O–H groups in total. The van der Waals surface area contributed by atoms with E-state index in [9.17, 15) is 0 Å². The topological polar surface area (TPSA) is 47.3 Å². The van der Waals surface area contributed by atoms with Crippen molar-refractivity contribution in [3.63, 3.8) is 0 Å². The van der Waals surface area contributed by atoms with Crippen LogP contribution >= 0.6 is 0 Å². The number of hydrogen-bond acceptors (Lipinski definition) is 3. The Morgan fingerprint density at radius 2 is 2.38 bits per heavy atom. The first-order valence-corrected chi connectivity index (χ1v) is 2.79. The Balaban J connectivity index is 2.86. The summed E-state index contributed by atoms with van der Waals surface area (Å²) in [5.74, 6) is 0.447. The largest absolute Gasteiger partial charge is 0.330 e. The van der Waals surface area contributed by atoms with Crippen molar-refractivity contribution < 1.29 is 4.84 Å². The zero-order chi connectivity index (χ0) is 6.41. The minimum atomic E-state index is 0.447. The molecule has 0 heterocycles. The van der Waals surface area contributed by atoms with Crippen molar-refractivity contribution in [2.75, 3.05) is 20.2 Å². The number of hydroxylamine groups is 1. The molecule has 1 unspecified atom stereocenters. The second-order valence-corrected chi connectivity index (χ2v) is 1.86. The first-order chi connectivity index (χ1) is 3.81. The third kappa shape index (κ3) is 4.05. The molecule has 50 valence electrons. The van der Waals surface area contributed by atoms with Gasteiger partial charge in [0.25, 0.3) is 0 Å². The molecule has 0 aliphatic heterocycles. The van der Waals surface area contributed by atoms with Crippen LogP contribution in [0.5, 0.6) is 0 Å². The van der Waals surface area contributed by atoms with Gasteiger partial charge in [0.1, 0.15) is 0 Å². The zero-order valence-corrected chi connectivity index (χ0v) is 5.48. The van der Waals surface area contributed by atoms with E-state index >= 15 is 0 Å². The summed E-state index contributed by atoms with van der Waals surface area (Å²) in [5, 5.41) is 0. The Bertz CT molecular complexity index is 49.7. The zero-order valence-electron chi connectivity index (χ0n) is 5.48. The van der Waals surface area contributed by atoms with E-state index in [4.69, 9.17) is 10.6 Å². The summed E-state index contributed by atoms with van der Waals surface area (Å²) in [6.07, 6.45) is 0. The van der Waals surface area contributed by atoms with Crippen LogP contribution in [0.2, 0.25) is 0 Å². The Morgan fingerprint density at radius 1 is 1.75 bits per heavy atom. The molecule has 0 rings (SSSR count). The maximum absolute atomic E-state index is 5.31. The summed E-state index contributed by atoms with van der Waals surface area (Å²) in [4.78, 5) is 4.86. The fourth-order valence-corrected chi connectivity index (χ4v) is 0.294. The molecule has 0 radical (unpaired) electrons. The molecular formula is C5H14N2O. The van der Waals surface area contributed by atoms with E-state index < -0.39 is 0 Å². The first kappa shape index (κ1) is 7.88. The molecule has 0 aromatic carbocycles. The molecule has 0 aromatic rings. The number of nitrogens with two attached hydrogens (primary N) is 1. The van der Waals surface area contributed by atoms with Gasteiger partial charge in [-0.15, -0.1) is 0 Å². The summed E-state index contributed by atoms with van der Waals surface area (Å²) in [6.45, 7) is 3.41. The lowest BCUT2D eigenvalue weighted by Gasteiger charge is -2.05. The third-order valence-electron chi connectivity index (χ3n) is 0.915. The van der Waals surface area contributed by atoms with Gasteiger partial charge in [-0.3, -0.25) is 0 Å². The van der Waals surface area contributed by atoms with Gasteiger partial charge in [0.2, 0.25) is 0 Å². The van der Waals surface area contributed by atoms with Crippen LogP contribution in [0.15, 0.2) is 0 Å². The Morgan fingerprint density at radius 3 is 2.75 bits per heavy atom. The Labute approximate surface area is 50.2 Å². The van der Waals surface area contributed by atoms with Crippen LogP contribution in [0.1, 0.15) is 6.92 Å². The first-order valence-electron chi connectivity index (χ1n) is 2.79. The van der Waals surface area contributed by atoms with Gasteiger partial charge in [0.15, 0.2) is 0 Å². The lowest BCUT2D eigenvalue weighted by molar-refractivity contribution is 0.0373. The van der Waals surface area contributed by atoms with Gasteiger partial charge < -0.3 is 10.6 Å². The fraction of sp³-hybridized carbons (Fsp3) is 1.00. The van der Waals surface area contributed by atoms with Gasteiger partial charge in [0.05, 0.1) is 6.61 Å². The highest BCUT2D eigenvalue weighted by molar-refractivity contribution is 4.47. The van der Waals surface area contributed by atoms with Crippen molar-refractivity contribution in [2.24, 2.45) is 11.7 Å². The predicted octanol–water partition coefficient (Wildman–Crippen LogP) is -0.268. The molecule has 0 amide bonds. The summed E-state index contributed by atoms with van der Waals surface area (Å²) < 4.78 is 0. The third-order valence-corrected chi connectivity index (χ3v) is 0.915. The van der Waals surface area contributed by atoms with Crippen LogP contribution in [0.25, 0.3) is 0 Å². The van der Waals surface area contributed by atoms with E-state index in [1.165, 1.54) is 0 Å². The van der Waals surface area contributed by atoms with Gasteiger partial charge in [-0.2, -0.15) is 0 Å². The SMILES string of the molecule is CNOCC(C)CN. The quantitative estimate of drug-likeness (QED) is 0.500. The molecule has 0 aliphatic carbocycles. The maximum Gasteiger partial charge on any atom is 0.0719 e. The molecule has 0 fully saturated rings. The van der Waals surface area contributed by atoms with Crippen LogP contribution in [0.4, 0.5) is 0 Å². The van der Waals surface area contributed by atoms with Gasteiger partial charge in [-0.25, -0.2) is 5.48 Å². The minimum absolute atomic E-state index is 0.447. The molecule has 0 saturated heterocycles. The lowest BCUT2D eigenvalue weighted by Crippen LogP contribution is -2.20. The van der Waals surface area contributed by atoms with Crippen molar-refractivity contribution >= 4 is 0 Å². The minimum Gasteiger partial charge on any atom is -0.330 e. The van der Waals surface area contributed by atoms with E-state index in [1.54, 1.807) is 7.05 Å². The number of rotatable bonds is 4. The van der Waals surface area contributed by atoms with Gasteiger partial charge in [-0.1, -0.05) is 6.92 Å². The lowest BCUT2D eigenvalue weighted by atomic mass is 10.2. The molecule has 3 heteroatoms. The van der Waals surface area contributed by atoms with Crippen LogP contribution < -0.4 is 11.2 Å². The highest BCUT2D eigenvalue weighted by Gasteiger charge is 1.95. The van der Waals surface area contributed by atoms with Crippen molar-refractivity contribution in [1.82, 2.24) is 5.48 Å². The second kappa shape index (κ2) is 5.03. The fourth-order valence-electron chi connectivity index (χ4n) is 0.294. The maximum atomic E-state index is 5.31. The smallest absolute Gasteiger partial charge is 0.0719 e. The highest BCUT2D eigenvalue weighted by atomic mass is 16.6. The van der Waals surface area contributed by atoms with Crippen LogP contribution in [0.3, 0.4) is 0 Å². The molecule has 0 spiro atoms. The number of nitrogens with one attached hydrogen (secondary N) is 1. The summed E-state index contributed by atoms with van der Waals surface area (Å²) >= 11 is 0. The molecule has 3 nitrogen and oxygen atoms in total. The van der Waals surface area contributed by atoms with Crippen molar-refractivity contribution in [1.29, 1.82) is 0 Å². The highest BCUT2D eigenvalue weighted by Crippen LogP contribution is 1.88. The normalized spacial score (nSPS) is 13.9. The molecule has 0 saturated carbocycles. The van der Waals surface area contributed by atoms with Crippen molar-refractivity contribution in [2.45, 2.75) is 6.92 Å². The van der Waals surface area contributed by atoms with Gasteiger partial charge in [0, 0.05) is 7.05 Å². The molecule has 0 aromatic heterocycles. The van der Waals surface area contributed by atoms with Crippen LogP contribution in [0, 0.1) is 5.92 Å². The molecule has 1 atom stereocenters. The van der Waals surface area contributed by atoms with Crippen molar-refractivity contribution in [3.8, 4) is 0 Å². The summed E-state index contributed by atoms with van der Waals surface area (Å²) in [7, 11) is 1.74. The monoisotopic (exact) mass is 118 g/mol. The van der Waals surface area contributed by atoms with Gasteiger partial charge >= 0.3 is 0 Å². The van der Waals surface area contributed by atoms with Gasteiger partial charge in [-0.05, 0) is 12.5 Å². The standard InChI is InChI=1S/C5H14N2O/c1-5(3-6)4-8-7-2/h5,7H,3-4,6H2,1-2H3. The molecule has 8 heavy (non-hydrogen) atoms. The molecular weight excluding hydrogens is 104 g/mol. The van der Waals surface area contributed by atoms with E-state index in [0.29, 0.717) is 19.1 Å². The average molecular weight is 118 g/mol. The number of hydrogen-bond donors (Lipinski definition) is 2. The predicted molar refractivity (Wildman–Crippen MR) is 33.2 cm³/mol. The van der Waals surface area contributed by atoms with E-state index in [1.807, 2.05) is 6.92 Å². The summed E-state index contributed by atoms with van der Waals surface area (Å²) in [5.41, 5.74) is 7.88. The van der Waals surface area contributed by atoms with Crippen molar-refractivity contribution in [3.05, 3.63) is 0 Å². The average Bonchev–Trinajstić information content (AvgIpc) is 1.83. The van der Waals surface area contributed by atoms with E-state index in [2.05, 4.69) is 5.48 Å². The molecule has 0 aliphatic rings. The van der Waals surface area contributed by atoms with Crippen LogP contribution in [-0.2, 0) is 4.84 Å². The Hall–Kier alpha value is -0.120.